The van der Waals surface area contributed by atoms with Gasteiger partial charge in [-0.2, -0.15) is 0 Å². The lowest BCUT2D eigenvalue weighted by Crippen LogP contribution is -2.46. The van der Waals surface area contributed by atoms with Gasteiger partial charge in [0.2, 0.25) is 5.91 Å². The Hall–Kier alpha value is -0.650. The molecule has 0 bridgehead atoms. The van der Waals surface area contributed by atoms with Crippen molar-refractivity contribution in [3.05, 3.63) is 0 Å². The van der Waals surface area contributed by atoms with Gasteiger partial charge in [-0.1, -0.05) is 206 Å². The number of aliphatic hydroxyl groups excluding tert-OH is 3. The summed E-state index contributed by atoms with van der Waals surface area (Å²) in [6.07, 6.45) is 39.4. The molecule has 4 N–H and O–H groups in total. The van der Waals surface area contributed by atoms with Crippen LogP contribution in [0.1, 0.15) is 226 Å². The van der Waals surface area contributed by atoms with Crippen molar-refractivity contribution in [1.82, 2.24) is 5.32 Å². The van der Waals surface area contributed by atoms with Gasteiger partial charge in [-0.3, -0.25) is 4.79 Å². The summed E-state index contributed by atoms with van der Waals surface area (Å²) >= 11 is 0. The maximum Gasteiger partial charge on any atom is 0.222 e. The van der Waals surface area contributed by atoms with E-state index in [-0.39, 0.29) is 18.9 Å². The van der Waals surface area contributed by atoms with Crippen molar-refractivity contribution in [2.75, 3.05) is 6.61 Å². The third-order valence-corrected chi connectivity index (χ3v) is 9.67. The zero-order valence-corrected chi connectivity index (χ0v) is 30.5. The third kappa shape index (κ3) is 33.1. The average molecular weight is 640 g/mol. The van der Waals surface area contributed by atoms with Gasteiger partial charge in [0.15, 0.2) is 0 Å². The van der Waals surface area contributed by atoms with Crippen LogP contribution in [0.2, 0.25) is 0 Å². The van der Waals surface area contributed by atoms with E-state index in [1.54, 1.807) is 0 Å². The van der Waals surface area contributed by atoms with Gasteiger partial charge in [0.25, 0.3) is 0 Å². The first-order valence-corrected chi connectivity index (χ1v) is 20.3. The van der Waals surface area contributed by atoms with Gasteiger partial charge in [0.05, 0.1) is 31.3 Å². The molecule has 3 unspecified atom stereocenters. The lowest BCUT2D eigenvalue weighted by atomic mass is 10.0. The molecule has 0 spiro atoms. The summed E-state index contributed by atoms with van der Waals surface area (Å²) < 4.78 is 0. The van der Waals surface area contributed by atoms with E-state index in [1.165, 1.54) is 167 Å². The Kier molecular flexibility index (Phi) is 35.7. The van der Waals surface area contributed by atoms with Crippen LogP contribution in [0, 0.1) is 0 Å². The lowest BCUT2D eigenvalue weighted by molar-refractivity contribution is -0.125. The van der Waals surface area contributed by atoms with Gasteiger partial charge < -0.3 is 20.6 Å². The van der Waals surface area contributed by atoms with Crippen LogP contribution >= 0.6 is 0 Å². The molecule has 1 amide bonds. The molecule has 5 nitrogen and oxygen atoms in total. The van der Waals surface area contributed by atoms with Crippen LogP contribution in [0.4, 0.5) is 0 Å². The summed E-state index contributed by atoms with van der Waals surface area (Å²) in [5, 5.41) is 33.2. The first-order valence-electron chi connectivity index (χ1n) is 20.3. The highest BCUT2D eigenvalue weighted by Gasteiger charge is 2.21. The highest BCUT2D eigenvalue weighted by molar-refractivity contribution is 5.76. The number of rotatable bonds is 37. The molecule has 270 valence electrons. The molecular weight excluding hydrogens is 558 g/mol. The van der Waals surface area contributed by atoms with Crippen LogP contribution in [-0.4, -0.2) is 46.1 Å². The summed E-state index contributed by atoms with van der Waals surface area (Å²) in [6, 6.07) is -0.650. The number of carbonyl (C=O) groups excluding carboxylic acids is 1. The number of amides is 1. The van der Waals surface area contributed by atoms with Crippen molar-refractivity contribution in [2.24, 2.45) is 0 Å². The molecule has 0 saturated heterocycles. The van der Waals surface area contributed by atoms with Crippen molar-refractivity contribution >= 4 is 5.91 Å². The Bertz CT molecular complexity index is 587. The normalized spacial score (nSPS) is 13.6. The maximum atomic E-state index is 12.3. The minimum atomic E-state index is -0.742. The van der Waals surface area contributed by atoms with E-state index in [0.29, 0.717) is 12.8 Å². The predicted octanol–water partition coefficient (Wildman–Crippen LogP) is 11.1. The topological polar surface area (TPSA) is 89.8 Å². The van der Waals surface area contributed by atoms with Crippen LogP contribution in [0.5, 0.6) is 0 Å². The molecule has 0 radical (unpaired) electrons. The predicted molar refractivity (Wildman–Crippen MR) is 195 cm³/mol. The third-order valence-electron chi connectivity index (χ3n) is 9.67. The van der Waals surface area contributed by atoms with E-state index in [9.17, 15) is 20.1 Å². The standard InChI is InChI=1S/C40H81NO4/c1-3-5-7-9-11-13-14-15-16-17-18-19-20-21-22-23-24-25-26-28-30-32-34-39(44)38(36-42)41-40(45)35-37(43)33-31-29-27-12-10-8-6-4-2/h37-39,42-44H,3-36H2,1-2H3,(H,41,45). The van der Waals surface area contributed by atoms with E-state index in [2.05, 4.69) is 19.2 Å². The summed E-state index contributed by atoms with van der Waals surface area (Å²) in [5.74, 6) is -0.283. The molecule has 45 heavy (non-hydrogen) atoms. The Morgan fingerprint density at radius 2 is 0.756 bits per heavy atom. The Balaban J connectivity index is 3.53. The summed E-state index contributed by atoms with van der Waals surface area (Å²) in [6.45, 7) is 4.24. The second kappa shape index (κ2) is 36.2. The second-order valence-electron chi connectivity index (χ2n) is 14.3. The Morgan fingerprint density at radius 3 is 1.07 bits per heavy atom. The quantitative estimate of drug-likeness (QED) is 0.0509. The summed E-state index contributed by atoms with van der Waals surface area (Å²) in [4.78, 5) is 12.3. The molecule has 0 aromatic rings. The SMILES string of the molecule is CCCCCCCCCCCCCCCCCCCCCCCCC(O)C(CO)NC(=O)CC(O)CCCCCCCCCC. The van der Waals surface area contributed by atoms with Crippen molar-refractivity contribution < 1.29 is 20.1 Å². The van der Waals surface area contributed by atoms with Gasteiger partial charge in [-0.15, -0.1) is 0 Å². The molecule has 5 heteroatoms. The van der Waals surface area contributed by atoms with Gasteiger partial charge in [0, 0.05) is 0 Å². The highest BCUT2D eigenvalue weighted by atomic mass is 16.3. The number of unbranched alkanes of at least 4 members (excludes halogenated alkanes) is 28. The zero-order chi connectivity index (χ0) is 33.1. The summed E-state index contributed by atoms with van der Waals surface area (Å²) in [5.41, 5.74) is 0. The van der Waals surface area contributed by atoms with Crippen molar-refractivity contribution in [3.8, 4) is 0 Å². The average Bonchev–Trinajstić information content (AvgIpc) is 3.03. The number of carbonyl (C=O) groups is 1. The van der Waals surface area contributed by atoms with Gasteiger partial charge in [-0.25, -0.2) is 0 Å². The fraction of sp³-hybridized carbons (Fsp3) is 0.975. The van der Waals surface area contributed by atoms with Crippen LogP contribution in [0.25, 0.3) is 0 Å². The molecule has 0 aromatic heterocycles. The molecule has 0 saturated carbocycles. The molecule has 0 aliphatic rings. The Labute approximate surface area is 281 Å². The van der Waals surface area contributed by atoms with Crippen LogP contribution in [0.3, 0.4) is 0 Å². The van der Waals surface area contributed by atoms with E-state index in [4.69, 9.17) is 0 Å². The molecule has 0 aromatic carbocycles. The zero-order valence-electron chi connectivity index (χ0n) is 30.5. The van der Waals surface area contributed by atoms with Crippen molar-refractivity contribution in [3.63, 3.8) is 0 Å². The molecule has 0 aliphatic heterocycles. The Morgan fingerprint density at radius 1 is 0.467 bits per heavy atom. The van der Waals surface area contributed by atoms with Crippen LogP contribution in [-0.2, 0) is 4.79 Å². The van der Waals surface area contributed by atoms with Crippen molar-refractivity contribution in [1.29, 1.82) is 0 Å². The first kappa shape index (κ1) is 44.4. The van der Waals surface area contributed by atoms with Gasteiger partial charge in [-0.05, 0) is 12.8 Å². The van der Waals surface area contributed by atoms with E-state index in [1.807, 2.05) is 0 Å². The molecule has 0 rings (SSSR count). The largest absolute Gasteiger partial charge is 0.394 e. The van der Waals surface area contributed by atoms with Gasteiger partial charge in [0.1, 0.15) is 0 Å². The second-order valence-corrected chi connectivity index (χ2v) is 14.3. The smallest absolute Gasteiger partial charge is 0.222 e. The molecule has 0 heterocycles. The van der Waals surface area contributed by atoms with E-state index < -0.39 is 18.2 Å². The molecule has 3 atom stereocenters. The van der Waals surface area contributed by atoms with Crippen LogP contribution in [0.15, 0.2) is 0 Å². The van der Waals surface area contributed by atoms with Gasteiger partial charge >= 0.3 is 0 Å². The fourth-order valence-electron chi connectivity index (χ4n) is 6.52. The summed E-state index contributed by atoms with van der Waals surface area (Å²) in [7, 11) is 0. The molecular formula is C40H81NO4. The minimum Gasteiger partial charge on any atom is -0.394 e. The molecule has 0 aliphatic carbocycles. The lowest BCUT2D eigenvalue weighted by Gasteiger charge is -2.23. The van der Waals surface area contributed by atoms with Crippen molar-refractivity contribution in [2.45, 2.75) is 244 Å². The molecule has 0 fully saturated rings. The highest BCUT2D eigenvalue weighted by Crippen LogP contribution is 2.16. The number of hydrogen-bond donors (Lipinski definition) is 4. The number of aliphatic hydroxyl groups is 3. The van der Waals surface area contributed by atoms with E-state index >= 15 is 0 Å². The number of nitrogens with one attached hydrogen (secondary N) is 1. The van der Waals surface area contributed by atoms with Crippen LogP contribution < -0.4 is 5.32 Å². The first-order chi connectivity index (χ1) is 22.0. The number of hydrogen-bond acceptors (Lipinski definition) is 4. The van der Waals surface area contributed by atoms with E-state index in [0.717, 1.165) is 25.7 Å². The monoisotopic (exact) mass is 640 g/mol. The maximum absolute atomic E-state index is 12.3. The fourth-order valence-corrected chi connectivity index (χ4v) is 6.52. The minimum absolute atomic E-state index is 0.0408.